The van der Waals surface area contributed by atoms with Crippen LogP contribution in [0.3, 0.4) is 0 Å². The highest BCUT2D eigenvalue weighted by Gasteiger charge is 2.18. The van der Waals surface area contributed by atoms with Crippen molar-refractivity contribution in [1.29, 1.82) is 0 Å². The van der Waals surface area contributed by atoms with E-state index in [-0.39, 0.29) is 17.1 Å². The van der Waals surface area contributed by atoms with E-state index in [0.29, 0.717) is 0 Å². The molecule has 4 nitrogen and oxygen atoms in total. The molecule has 0 atom stereocenters. The van der Waals surface area contributed by atoms with Gasteiger partial charge in [0.05, 0.1) is 4.90 Å². The molecule has 106 valence electrons. The number of carbonyl (C=O) groups is 1. The quantitative estimate of drug-likeness (QED) is 0.869. The molecule has 20 heavy (non-hydrogen) atoms. The van der Waals surface area contributed by atoms with Gasteiger partial charge in [0.1, 0.15) is 5.78 Å². The maximum atomic E-state index is 12.5. The van der Waals surface area contributed by atoms with Crippen molar-refractivity contribution in [3.63, 3.8) is 0 Å². The van der Waals surface area contributed by atoms with E-state index in [9.17, 15) is 13.2 Å². The zero-order chi connectivity index (χ0) is 14.9. The van der Waals surface area contributed by atoms with Crippen molar-refractivity contribution >= 4 is 15.8 Å². The van der Waals surface area contributed by atoms with E-state index < -0.39 is 10.0 Å². The second-order valence-electron chi connectivity index (χ2n) is 4.99. The van der Waals surface area contributed by atoms with Crippen molar-refractivity contribution in [2.24, 2.45) is 0 Å². The predicted octanol–water partition coefficient (Wildman–Crippen LogP) is 2.47. The Morgan fingerprint density at radius 2 is 1.70 bits per heavy atom. The van der Waals surface area contributed by atoms with Gasteiger partial charge in [-0.05, 0) is 44.0 Å². The summed E-state index contributed by atoms with van der Waals surface area (Å²) in [6.45, 7) is 5.20. The third-order valence-electron chi connectivity index (χ3n) is 3.15. The van der Waals surface area contributed by atoms with E-state index in [0.717, 1.165) is 16.7 Å². The number of ketones is 1. The van der Waals surface area contributed by atoms with Crippen LogP contribution in [0.4, 0.5) is 0 Å². The number of carbonyl (C=O) groups excluding carboxylic acids is 1. The number of nitrogens with zero attached hydrogens (tertiary/aromatic N) is 1. The number of aromatic nitrogens is 1. The molecule has 0 saturated heterocycles. The number of aryl methyl sites for hydroxylation is 2. The van der Waals surface area contributed by atoms with Gasteiger partial charge in [0.2, 0.25) is 0 Å². The average Bonchev–Trinajstić information content (AvgIpc) is 2.71. The zero-order valence-electron chi connectivity index (χ0n) is 11.8. The number of benzene rings is 1. The fourth-order valence-corrected chi connectivity index (χ4v) is 3.28. The minimum atomic E-state index is -3.59. The monoisotopic (exact) mass is 291 g/mol. The fourth-order valence-electron chi connectivity index (χ4n) is 1.99. The molecule has 0 aliphatic carbocycles. The molecule has 0 N–H and O–H groups in total. The SMILES string of the molecule is CC(=O)Cc1cn(S(=O)(=O)c2ccc(C)cc2)cc1C. The fraction of sp³-hybridized carbons (Fsp3) is 0.267. The number of hydrogen-bond acceptors (Lipinski definition) is 3. The Morgan fingerprint density at radius 3 is 2.25 bits per heavy atom. The second-order valence-corrected chi connectivity index (χ2v) is 6.84. The lowest BCUT2D eigenvalue weighted by Crippen LogP contribution is -2.11. The van der Waals surface area contributed by atoms with Crippen molar-refractivity contribution in [2.45, 2.75) is 32.1 Å². The molecule has 0 unspecified atom stereocenters. The molecular formula is C15H17NO3S. The van der Waals surface area contributed by atoms with E-state index in [2.05, 4.69) is 0 Å². The van der Waals surface area contributed by atoms with Gasteiger partial charge in [0, 0.05) is 18.8 Å². The average molecular weight is 291 g/mol. The molecule has 0 fully saturated rings. The van der Waals surface area contributed by atoms with Crippen LogP contribution in [0.2, 0.25) is 0 Å². The molecule has 0 saturated carbocycles. The lowest BCUT2D eigenvalue weighted by Gasteiger charge is -2.05. The molecular weight excluding hydrogens is 274 g/mol. The normalized spacial score (nSPS) is 11.6. The molecule has 5 heteroatoms. The number of rotatable bonds is 4. The Labute approximate surface area is 119 Å². The first-order valence-corrected chi connectivity index (χ1v) is 7.74. The van der Waals surface area contributed by atoms with Gasteiger partial charge in [-0.15, -0.1) is 0 Å². The predicted molar refractivity (Wildman–Crippen MR) is 77.3 cm³/mol. The van der Waals surface area contributed by atoms with Gasteiger partial charge in [-0.1, -0.05) is 17.7 Å². The highest BCUT2D eigenvalue weighted by atomic mass is 32.2. The second kappa shape index (κ2) is 5.25. The third-order valence-corrected chi connectivity index (χ3v) is 4.78. The van der Waals surface area contributed by atoms with E-state index in [1.165, 1.54) is 17.1 Å². The van der Waals surface area contributed by atoms with Crippen LogP contribution in [-0.4, -0.2) is 18.2 Å². The smallest absolute Gasteiger partial charge is 0.267 e. The van der Waals surface area contributed by atoms with Crippen LogP contribution in [0.15, 0.2) is 41.6 Å². The molecule has 1 heterocycles. The largest absolute Gasteiger partial charge is 0.300 e. The maximum absolute atomic E-state index is 12.5. The molecule has 0 bridgehead atoms. The van der Waals surface area contributed by atoms with Crippen LogP contribution in [-0.2, 0) is 21.2 Å². The summed E-state index contributed by atoms with van der Waals surface area (Å²) in [5, 5.41) is 0. The molecule has 0 radical (unpaired) electrons. The van der Waals surface area contributed by atoms with E-state index in [1.54, 1.807) is 37.4 Å². The van der Waals surface area contributed by atoms with E-state index >= 15 is 0 Å². The highest BCUT2D eigenvalue weighted by molar-refractivity contribution is 7.90. The van der Waals surface area contributed by atoms with Crippen molar-refractivity contribution in [3.8, 4) is 0 Å². The van der Waals surface area contributed by atoms with Crippen LogP contribution in [0, 0.1) is 13.8 Å². The van der Waals surface area contributed by atoms with Gasteiger partial charge in [0.25, 0.3) is 10.0 Å². The van der Waals surface area contributed by atoms with Gasteiger partial charge in [-0.25, -0.2) is 12.4 Å². The number of hydrogen-bond donors (Lipinski definition) is 0. The van der Waals surface area contributed by atoms with Gasteiger partial charge in [-0.3, -0.25) is 4.79 Å². The van der Waals surface area contributed by atoms with Crippen molar-refractivity contribution < 1.29 is 13.2 Å². The van der Waals surface area contributed by atoms with Crippen molar-refractivity contribution in [1.82, 2.24) is 3.97 Å². The summed E-state index contributed by atoms with van der Waals surface area (Å²) in [4.78, 5) is 11.4. The van der Waals surface area contributed by atoms with Crippen molar-refractivity contribution in [3.05, 3.63) is 53.3 Å². The van der Waals surface area contributed by atoms with Gasteiger partial charge in [-0.2, -0.15) is 0 Å². The molecule has 2 rings (SSSR count). The summed E-state index contributed by atoms with van der Waals surface area (Å²) in [7, 11) is -3.59. The minimum Gasteiger partial charge on any atom is -0.300 e. The topological polar surface area (TPSA) is 56.1 Å². The number of Topliss-reactive ketones (excluding diaryl/α,β-unsaturated/α-hetero) is 1. The molecule has 2 aromatic rings. The lowest BCUT2D eigenvalue weighted by atomic mass is 10.1. The standard InChI is InChI=1S/C15H17NO3S/c1-11-4-6-15(7-5-11)20(18,19)16-9-12(2)14(10-16)8-13(3)17/h4-7,9-10H,8H2,1-3H3. The third kappa shape index (κ3) is 2.82. The summed E-state index contributed by atoms with van der Waals surface area (Å²) in [6, 6.07) is 6.70. The summed E-state index contributed by atoms with van der Waals surface area (Å²) in [5.74, 6) is 0.0126. The lowest BCUT2D eigenvalue weighted by molar-refractivity contribution is -0.116. The molecule has 0 aliphatic heterocycles. The van der Waals surface area contributed by atoms with Crippen LogP contribution in [0.1, 0.15) is 23.6 Å². The van der Waals surface area contributed by atoms with Crippen molar-refractivity contribution in [2.75, 3.05) is 0 Å². The maximum Gasteiger partial charge on any atom is 0.267 e. The van der Waals surface area contributed by atoms with Gasteiger partial charge < -0.3 is 0 Å². The first-order chi connectivity index (χ1) is 9.30. The summed E-state index contributed by atoms with van der Waals surface area (Å²) < 4.78 is 26.1. The Morgan fingerprint density at radius 1 is 1.10 bits per heavy atom. The molecule has 0 amide bonds. The first kappa shape index (κ1) is 14.5. The minimum absolute atomic E-state index is 0.0126. The Hall–Kier alpha value is -1.88. The Balaban J connectivity index is 2.44. The van der Waals surface area contributed by atoms with Crippen LogP contribution in [0.25, 0.3) is 0 Å². The van der Waals surface area contributed by atoms with Gasteiger partial charge in [0.15, 0.2) is 0 Å². The molecule has 1 aromatic carbocycles. The Kier molecular flexibility index (Phi) is 3.81. The van der Waals surface area contributed by atoms with Crippen LogP contribution in [0.5, 0.6) is 0 Å². The van der Waals surface area contributed by atoms with E-state index in [4.69, 9.17) is 0 Å². The summed E-state index contributed by atoms with van der Waals surface area (Å²) in [5.41, 5.74) is 2.55. The molecule has 0 spiro atoms. The Bertz CT molecular complexity index is 740. The van der Waals surface area contributed by atoms with Crippen LogP contribution >= 0.6 is 0 Å². The summed E-state index contributed by atoms with van der Waals surface area (Å²) in [6.07, 6.45) is 3.32. The van der Waals surface area contributed by atoms with Crippen LogP contribution < -0.4 is 0 Å². The van der Waals surface area contributed by atoms with E-state index in [1.807, 2.05) is 6.92 Å². The molecule has 1 aromatic heterocycles. The summed E-state index contributed by atoms with van der Waals surface area (Å²) >= 11 is 0. The van der Waals surface area contributed by atoms with Gasteiger partial charge >= 0.3 is 0 Å². The molecule has 0 aliphatic rings. The highest BCUT2D eigenvalue weighted by Crippen LogP contribution is 2.19. The zero-order valence-corrected chi connectivity index (χ0v) is 12.6. The first-order valence-electron chi connectivity index (χ1n) is 6.30.